The highest BCUT2D eigenvalue weighted by atomic mass is 16.4. The largest absolute Gasteiger partial charge is 0.476 e. The van der Waals surface area contributed by atoms with E-state index in [1.54, 1.807) is 4.57 Å². The Morgan fingerprint density at radius 3 is 3.00 bits per heavy atom. The van der Waals surface area contributed by atoms with Crippen LogP contribution in [0, 0.1) is 5.92 Å². The van der Waals surface area contributed by atoms with E-state index in [0.717, 1.165) is 25.9 Å². The molecule has 1 aromatic heterocycles. The number of carbonyl (C=O) groups excluding carboxylic acids is 1. The van der Waals surface area contributed by atoms with Gasteiger partial charge >= 0.3 is 12.0 Å². The fourth-order valence-corrected chi connectivity index (χ4v) is 2.66. The summed E-state index contributed by atoms with van der Waals surface area (Å²) in [6.07, 6.45) is 6.35. The molecule has 21 heavy (non-hydrogen) atoms. The molecule has 0 spiro atoms. The number of hydrogen-bond acceptors (Lipinski definition) is 3. The molecule has 116 valence electrons. The maximum atomic E-state index is 12.0. The molecule has 1 atom stereocenters. The molecule has 1 aliphatic heterocycles. The Morgan fingerprint density at radius 1 is 1.52 bits per heavy atom. The van der Waals surface area contributed by atoms with Crippen LogP contribution in [0.5, 0.6) is 0 Å². The van der Waals surface area contributed by atoms with Crippen LogP contribution in [-0.2, 0) is 6.54 Å². The number of likely N-dealkylation sites (tertiary alicyclic amines) is 1. The summed E-state index contributed by atoms with van der Waals surface area (Å²) >= 11 is 0. The lowest BCUT2D eigenvalue weighted by Gasteiger charge is -2.17. The molecule has 1 aromatic rings. The highest BCUT2D eigenvalue weighted by Crippen LogP contribution is 2.20. The minimum Gasteiger partial charge on any atom is -0.476 e. The lowest BCUT2D eigenvalue weighted by molar-refractivity contribution is 0.0691. The van der Waals surface area contributed by atoms with E-state index < -0.39 is 5.97 Å². The standard InChI is InChI=1S/C14H22N4O3/c1-2-3-11-4-6-18(8-11)14(21)15-5-7-17-9-12(13(19)20)16-10-17/h9-11H,2-8H2,1H3,(H,15,21)(H,19,20). The second kappa shape index (κ2) is 7.10. The normalized spacial score (nSPS) is 18.0. The molecule has 0 aromatic carbocycles. The molecule has 1 saturated heterocycles. The van der Waals surface area contributed by atoms with Crippen LogP contribution in [-0.4, -0.2) is 51.2 Å². The van der Waals surface area contributed by atoms with Crippen LogP contribution in [0.1, 0.15) is 36.7 Å². The van der Waals surface area contributed by atoms with E-state index >= 15 is 0 Å². The lowest BCUT2D eigenvalue weighted by atomic mass is 10.0. The molecule has 1 aliphatic rings. The summed E-state index contributed by atoms with van der Waals surface area (Å²) in [5.41, 5.74) is 0.0169. The average Bonchev–Trinajstić information content (AvgIpc) is 3.08. The maximum absolute atomic E-state index is 12.0. The van der Waals surface area contributed by atoms with Gasteiger partial charge in [0.2, 0.25) is 0 Å². The maximum Gasteiger partial charge on any atom is 0.356 e. The molecule has 7 heteroatoms. The van der Waals surface area contributed by atoms with E-state index in [-0.39, 0.29) is 11.7 Å². The number of amides is 2. The van der Waals surface area contributed by atoms with Crippen LogP contribution < -0.4 is 5.32 Å². The predicted octanol–water partition coefficient (Wildman–Crippen LogP) is 1.41. The van der Waals surface area contributed by atoms with E-state index in [4.69, 9.17) is 5.11 Å². The fourth-order valence-electron chi connectivity index (χ4n) is 2.66. The van der Waals surface area contributed by atoms with Gasteiger partial charge in [0.1, 0.15) is 0 Å². The summed E-state index contributed by atoms with van der Waals surface area (Å²) in [5.74, 6) is -0.413. The van der Waals surface area contributed by atoms with Crippen LogP contribution in [0.3, 0.4) is 0 Å². The van der Waals surface area contributed by atoms with Gasteiger partial charge in [0, 0.05) is 32.4 Å². The summed E-state index contributed by atoms with van der Waals surface area (Å²) in [6.45, 7) is 4.80. The summed E-state index contributed by atoms with van der Waals surface area (Å²) < 4.78 is 1.66. The second-order valence-corrected chi connectivity index (χ2v) is 5.42. The first kappa shape index (κ1) is 15.3. The number of rotatable bonds is 6. The van der Waals surface area contributed by atoms with Gasteiger partial charge < -0.3 is 19.9 Å². The predicted molar refractivity (Wildman–Crippen MR) is 77.2 cm³/mol. The Morgan fingerprint density at radius 2 is 2.33 bits per heavy atom. The number of nitrogens with zero attached hydrogens (tertiary/aromatic N) is 3. The van der Waals surface area contributed by atoms with E-state index in [0.29, 0.717) is 19.0 Å². The number of hydrogen-bond donors (Lipinski definition) is 2. The van der Waals surface area contributed by atoms with E-state index in [1.165, 1.54) is 18.9 Å². The molecule has 2 amide bonds. The molecule has 0 saturated carbocycles. The Labute approximate surface area is 124 Å². The van der Waals surface area contributed by atoms with Crippen LogP contribution in [0.2, 0.25) is 0 Å². The fraction of sp³-hybridized carbons (Fsp3) is 0.643. The van der Waals surface area contributed by atoms with Crippen LogP contribution in [0.25, 0.3) is 0 Å². The van der Waals surface area contributed by atoms with Gasteiger partial charge in [-0.25, -0.2) is 14.6 Å². The van der Waals surface area contributed by atoms with Crippen molar-refractivity contribution >= 4 is 12.0 Å². The van der Waals surface area contributed by atoms with Gasteiger partial charge in [0.15, 0.2) is 5.69 Å². The third kappa shape index (κ3) is 4.21. The van der Waals surface area contributed by atoms with Crippen LogP contribution in [0.15, 0.2) is 12.5 Å². The number of aromatic nitrogens is 2. The first-order valence-corrected chi connectivity index (χ1v) is 7.38. The molecule has 1 unspecified atom stereocenters. The first-order valence-electron chi connectivity index (χ1n) is 7.38. The van der Waals surface area contributed by atoms with Crippen molar-refractivity contribution in [2.45, 2.75) is 32.7 Å². The zero-order valence-electron chi connectivity index (χ0n) is 12.3. The average molecular weight is 294 g/mol. The van der Waals surface area contributed by atoms with Crippen molar-refractivity contribution < 1.29 is 14.7 Å². The minimum absolute atomic E-state index is 0.0169. The zero-order chi connectivity index (χ0) is 15.2. The molecule has 1 fully saturated rings. The Balaban J connectivity index is 1.70. The van der Waals surface area contributed by atoms with Gasteiger partial charge in [-0.15, -0.1) is 0 Å². The molecular formula is C14H22N4O3. The van der Waals surface area contributed by atoms with Gasteiger partial charge in [0.25, 0.3) is 0 Å². The number of urea groups is 1. The third-order valence-electron chi connectivity index (χ3n) is 3.77. The third-order valence-corrected chi connectivity index (χ3v) is 3.77. The summed E-state index contributed by atoms with van der Waals surface area (Å²) in [5, 5.41) is 11.6. The van der Waals surface area contributed by atoms with Gasteiger partial charge in [0.05, 0.1) is 6.33 Å². The highest BCUT2D eigenvalue weighted by molar-refractivity contribution is 5.84. The molecule has 0 bridgehead atoms. The van der Waals surface area contributed by atoms with Crippen molar-refractivity contribution in [1.29, 1.82) is 0 Å². The summed E-state index contributed by atoms with van der Waals surface area (Å²) in [7, 11) is 0. The van der Waals surface area contributed by atoms with Crippen LogP contribution >= 0.6 is 0 Å². The highest BCUT2D eigenvalue weighted by Gasteiger charge is 2.25. The topological polar surface area (TPSA) is 87.5 Å². The smallest absolute Gasteiger partial charge is 0.356 e. The number of carboxylic acids is 1. The Bertz CT molecular complexity index is 500. The number of carboxylic acid groups (broad SMARTS) is 1. The van der Waals surface area contributed by atoms with E-state index in [1.807, 2.05) is 4.90 Å². The van der Waals surface area contributed by atoms with Gasteiger partial charge in [-0.1, -0.05) is 13.3 Å². The van der Waals surface area contributed by atoms with Crippen molar-refractivity contribution in [3.63, 3.8) is 0 Å². The second-order valence-electron chi connectivity index (χ2n) is 5.42. The number of carbonyl (C=O) groups is 2. The van der Waals surface area contributed by atoms with Crippen molar-refractivity contribution in [1.82, 2.24) is 19.8 Å². The molecule has 0 radical (unpaired) electrons. The first-order chi connectivity index (χ1) is 10.1. The Hall–Kier alpha value is -2.05. The molecule has 0 aliphatic carbocycles. The van der Waals surface area contributed by atoms with Crippen LogP contribution in [0.4, 0.5) is 4.79 Å². The van der Waals surface area contributed by atoms with Crippen molar-refractivity contribution in [3.8, 4) is 0 Å². The SMILES string of the molecule is CCCC1CCN(C(=O)NCCn2cnc(C(=O)O)c2)C1. The van der Waals surface area contributed by atoms with E-state index in [2.05, 4.69) is 17.2 Å². The zero-order valence-corrected chi connectivity index (χ0v) is 12.3. The number of nitrogens with one attached hydrogen (secondary N) is 1. The van der Waals surface area contributed by atoms with Gasteiger partial charge in [-0.05, 0) is 18.8 Å². The molecule has 2 rings (SSSR count). The minimum atomic E-state index is -1.04. The summed E-state index contributed by atoms with van der Waals surface area (Å²) in [4.78, 5) is 28.3. The van der Waals surface area contributed by atoms with Gasteiger partial charge in [-0.3, -0.25) is 0 Å². The molecule has 7 nitrogen and oxygen atoms in total. The molecule has 2 N–H and O–H groups in total. The number of imidazole rings is 1. The van der Waals surface area contributed by atoms with E-state index in [9.17, 15) is 9.59 Å². The van der Waals surface area contributed by atoms with Gasteiger partial charge in [-0.2, -0.15) is 0 Å². The lowest BCUT2D eigenvalue weighted by Crippen LogP contribution is -2.39. The monoisotopic (exact) mass is 294 g/mol. The number of aromatic carboxylic acids is 1. The molecule has 2 heterocycles. The quantitative estimate of drug-likeness (QED) is 0.830. The molecular weight excluding hydrogens is 272 g/mol. The van der Waals surface area contributed by atoms with Crippen molar-refractivity contribution in [2.24, 2.45) is 5.92 Å². The van der Waals surface area contributed by atoms with Crippen molar-refractivity contribution in [3.05, 3.63) is 18.2 Å². The summed E-state index contributed by atoms with van der Waals surface area (Å²) in [6, 6.07) is -0.0350. The Kier molecular flexibility index (Phi) is 5.19. The van der Waals surface area contributed by atoms with Crippen molar-refractivity contribution in [2.75, 3.05) is 19.6 Å².